The fourth-order valence-electron chi connectivity index (χ4n) is 2.26. The lowest BCUT2D eigenvalue weighted by atomic mass is 10.1. The Morgan fingerprint density at radius 3 is 3.00 bits per heavy atom. The number of nitrogens with one attached hydrogen (secondary N) is 2. The lowest BCUT2D eigenvalue weighted by Crippen LogP contribution is -2.11. The molecule has 0 fully saturated rings. The summed E-state index contributed by atoms with van der Waals surface area (Å²) in [6.07, 6.45) is 1.62. The number of aromatic amines is 1. The van der Waals surface area contributed by atoms with Crippen LogP contribution in [0.4, 0.5) is 5.95 Å². The maximum Gasteiger partial charge on any atom is 0.252 e. The zero-order valence-corrected chi connectivity index (χ0v) is 13.0. The quantitative estimate of drug-likeness (QED) is 0.652. The van der Waals surface area contributed by atoms with Crippen molar-refractivity contribution in [1.29, 1.82) is 0 Å². The van der Waals surface area contributed by atoms with Gasteiger partial charge >= 0.3 is 0 Å². The van der Waals surface area contributed by atoms with Gasteiger partial charge in [-0.05, 0) is 44.4 Å². The number of hydrazone groups is 1. The average Bonchev–Trinajstić information content (AvgIpc) is 2.97. The van der Waals surface area contributed by atoms with Crippen LogP contribution in [-0.2, 0) is 6.42 Å². The van der Waals surface area contributed by atoms with Gasteiger partial charge in [-0.3, -0.25) is 9.78 Å². The summed E-state index contributed by atoms with van der Waals surface area (Å²) in [4.78, 5) is 18.1. The minimum absolute atomic E-state index is 0.201. The van der Waals surface area contributed by atoms with Crippen LogP contribution in [0.3, 0.4) is 0 Å². The molecule has 2 aromatic rings. The zero-order valence-electron chi connectivity index (χ0n) is 13.0. The van der Waals surface area contributed by atoms with Gasteiger partial charge in [-0.15, -0.1) is 0 Å². The zero-order chi connectivity index (χ0) is 16.2. The monoisotopic (exact) mass is 314 g/mol. The minimum Gasteiger partial charge on any atom is -0.454 e. The lowest BCUT2D eigenvalue weighted by Gasteiger charge is -2.05. The van der Waals surface area contributed by atoms with E-state index in [4.69, 9.17) is 9.47 Å². The number of nitrogens with zero attached hydrogens (tertiary/aromatic N) is 2. The normalized spacial score (nSPS) is 13.2. The molecule has 1 aliphatic heterocycles. The van der Waals surface area contributed by atoms with Gasteiger partial charge in [-0.25, -0.2) is 10.4 Å². The number of aromatic nitrogens is 2. The van der Waals surface area contributed by atoms with Crippen LogP contribution < -0.4 is 20.5 Å². The Balaban J connectivity index is 1.58. The van der Waals surface area contributed by atoms with Crippen LogP contribution >= 0.6 is 0 Å². The molecule has 3 rings (SSSR count). The van der Waals surface area contributed by atoms with E-state index < -0.39 is 0 Å². The topological polar surface area (TPSA) is 88.6 Å². The molecule has 1 aliphatic rings. The summed E-state index contributed by atoms with van der Waals surface area (Å²) < 4.78 is 10.7. The summed E-state index contributed by atoms with van der Waals surface area (Å²) in [6, 6.07) is 7.36. The summed E-state index contributed by atoms with van der Waals surface area (Å²) in [6.45, 7) is 3.97. The number of anilines is 1. The van der Waals surface area contributed by atoms with E-state index in [0.717, 1.165) is 35.6 Å². The van der Waals surface area contributed by atoms with Crippen LogP contribution in [0.25, 0.3) is 0 Å². The molecule has 1 aromatic carbocycles. The van der Waals surface area contributed by atoms with E-state index in [2.05, 4.69) is 20.5 Å². The Morgan fingerprint density at radius 2 is 2.17 bits per heavy atom. The van der Waals surface area contributed by atoms with Gasteiger partial charge in [0.1, 0.15) is 0 Å². The largest absolute Gasteiger partial charge is 0.454 e. The van der Waals surface area contributed by atoms with Gasteiger partial charge in [0, 0.05) is 17.5 Å². The van der Waals surface area contributed by atoms with Crippen molar-refractivity contribution in [3.05, 3.63) is 45.9 Å². The van der Waals surface area contributed by atoms with Crippen LogP contribution in [0.15, 0.2) is 34.2 Å². The van der Waals surface area contributed by atoms with Crippen LogP contribution in [-0.4, -0.2) is 22.5 Å². The smallest absolute Gasteiger partial charge is 0.252 e. The first-order valence-electron chi connectivity index (χ1n) is 7.36. The molecule has 0 saturated heterocycles. The third-order valence-corrected chi connectivity index (χ3v) is 3.43. The second-order valence-corrected chi connectivity index (χ2v) is 5.38. The molecule has 0 aliphatic carbocycles. The average molecular weight is 314 g/mol. The van der Waals surface area contributed by atoms with Crippen molar-refractivity contribution in [3.63, 3.8) is 0 Å². The Labute approximate surface area is 133 Å². The molecule has 7 nitrogen and oxygen atoms in total. The van der Waals surface area contributed by atoms with Gasteiger partial charge in [0.05, 0.1) is 0 Å². The highest BCUT2D eigenvalue weighted by molar-refractivity contribution is 5.82. The minimum atomic E-state index is -0.201. The number of rotatable bonds is 5. The van der Waals surface area contributed by atoms with Gasteiger partial charge in [-0.2, -0.15) is 5.10 Å². The predicted octanol–water partition coefficient (Wildman–Crippen LogP) is 2.23. The number of hydrogen-bond donors (Lipinski definition) is 2. The standard InChI is InChI=1S/C16H18N4O3/c1-10(19-20-16-17-11(2)7-15(21)18-16)3-4-12-5-6-13-14(8-12)23-9-22-13/h5-8H,3-4,9H2,1-2H3,(H2,17,18,20,21)/b19-10-. The molecule has 7 heteroatoms. The molecule has 0 amide bonds. The highest BCUT2D eigenvalue weighted by Gasteiger charge is 2.13. The maximum absolute atomic E-state index is 11.4. The van der Waals surface area contributed by atoms with Crippen LogP contribution in [0.1, 0.15) is 24.6 Å². The molecule has 2 heterocycles. The highest BCUT2D eigenvalue weighted by Crippen LogP contribution is 2.32. The van der Waals surface area contributed by atoms with Crippen molar-refractivity contribution in [2.75, 3.05) is 12.2 Å². The number of hydrogen-bond acceptors (Lipinski definition) is 6. The van der Waals surface area contributed by atoms with E-state index in [9.17, 15) is 4.79 Å². The van der Waals surface area contributed by atoms with E-state index in [-0.39, 0.29) is 12.4 Å². The van der Waals surface area contributed by atoms with E-state index in [0.29, 0.717) is 11.6 Å². The summed E-state index contributed by atoms with van der Waals surface area (Å²) in [5.74, 6) is 1.92. The third kappa shape index (κ3) is 3.88. The van der Waals surface area contributed by atoms with Crippen molar-refractivity contribution < 1.29 is 9.47 Å². The van der Waals surface area contributed by atoms with Crippen molar-refractivity contribution in [1.82, 2.24) is 9.97 Å². The van der Waals surface area contributed by atoms with Crippen molar-refractivity contribution in [2.24, 2.45) is 5.10 Å². The van der Waals surface area contributed by atoms with Crippen molar-refractivity contribution >= 4 is 11.7 Å². The number of aryl methyl sites for hydroxylation is 2. The molecule has 0 bridgehead atoms. The Kier molecular flexibility index (Phi) is 4.27. The number of ether oxygens (including phenoxy) is 2. The van der Waals surface area contributed by atoms with Gasteiger partial charge in [0.15, 0.2) is 11.5 Å². The Hall–Kier alpha value is -2.83. The second-order valence-electron chi connectivity index (χ2n) is 5.38. The lowest BCUT2D eigenvalue weighted by molar-refractivity contribution is 0.174. The molecular formula is C16H18N4O3. The van der Waals surface area contributed by atoms with E-state index in [1.165, 1.54) is 6.07 Å². The number of fused-ring (bicyclic) bond motifs is 1. The predicted molar refractivity (Wildman–Crippen MR) is 87.2 cm³/mol. The fourth-order valence-corrected chi connectivity index (χ4v) is 2.26. The van der Waals surface area contributed by atoms with Gasteiger partial charge in [-0.1, -0.05) is 6.07 Å². The summed E-state index contributed by atoms with van der Waals surface area (Å²) in [7, 11) is 0. The summed E-state index contributed by atoms with van der Waals surface area (Å²) >= 11 is 0. The Bertz CT molecular complexity index is 798. The van der Waals surface area contributed by atoms with Gasteiger partial charge < -0.3 is 9.47 Å². The SMILES string of the molecule is C/C(CCc1ccc2c(c1)OCO2)=N/Nc1nc(C)cc(=O)[nH]1. The molecule has 23 heavy (non-hydrogen) atoms. The first-order valence-corrected chi connectivity index (χ1v) is 7.36. The number of benzene rings is 1. The van der Waals surface area contributed by atoms with Crippen LogP contribution in [0.2, 0.25) is 0 Å². The van der Waals surface area contributed by atoms with Gasteiger partial charge in [0.2, 0.25) is 12.7 Å². The van der Waals surface area contributed by atoms with Gasteiger partial charge in [0.25, 0.3) is 5.56 Å². The van der Waals surface area contributed by atoms with Crippen LogP contribution in [0, 0.1) is 6.92 Å². The fraction of sp³-hybridized carbons (Fsp3) is 0.312. The van der Waals surface area contributed by atoms with E-state index in [1.54, 1.807) is 6.92 Å². The second kappa shape index (κ2) is 6.51. The van der Waals surface area contributed by atoms with Crippen molar-refractivity contribution in [2.45, 2.75) is 26.7 Å². The maximum atomic E-state index is 11.4. The Morgan fingerprint density at radius 1 is 1.35 bits per heavy atom. The first-order chi connectivity index (χ1) is 11.1. The molecule has 0 saturated carbocycles. The molecular weight excluding hydrogens is 296 g/mol. The first kappa shape index (κ1) is 15.1. The number of H-pyrrole nitrogens is 1. The molecule has 120 valence electrons. The molecule has 2 N–H and O–H groups in total. The van der Waals surface area contributed by atoms with Crippen molar-refractivity contribution in [3.8, 4) is 11.5 Å². The highest BCUT2D eigenvalue weighted by atomic mass is 16.7. The molecule has 0 unspecified atom stereocenters. The van der Waals surface area contributed by atoms with E-state index >= 15 is 0 Å². The molecule has 0 atom stereocenters. The summed E-state index contributed by atoms with van der Waals surface area (Å²) in [5.41, 5.74) is 5.29. The molecule has 0 radical (unpaired) electrons. The molecule has 1 aromatic heterocycles. The van der Waals surface area contributed by atoms with E-state index in [1.807, 2.05) is 25.1 Å². The van der Waals surface area contributed by atoms with Crippen LogP contribution in [0.5, 0.6) is 11.5 Å². The third-order valence-electron chi connectivity index (χ3n) is 3.43. The summed E-state index contributed by atoms with van der Waals surface area (Å²) in [5, 5.41) is 4.24. The molecule has 0 spiro atoms.